The fourth-order valence-corrected chi connectivity index (χ4v) is 4.76. The minimum Gasteiger partial charge on any atom is -0.493 e. The Morgan fingerprint density at radius 2 is 1.84 bits per heavy atom. The first-order valence-corrected chi connectivity index (χ1v) is 11.9. The summed E-state index contributed by atoms with van der Waals surface area (Å²) in [6.45, 7) is 5.25. The van der Waals surface area contributed by atoms with Gasteiger partial charge in [0.2, 0.25) is 0 Å². The molecule has 3 aromatic heterocycles. The number of anilines is 1. The van der Waals surface area contributed by atoms with E-state index in [4.69, 9.17) is 14.2 Å². The van der Waals surface area contributed by atoms with Gasteiger partial charge in [-0.15, -0.1) is 10.2 Å². The van der Waals surface area contributed by atoms with E-state index < -0.39 is 29.1 Å². The number of hydrogen-bond donors (Lipinski definition) is 0. The van der Waals surface area contributed by atoms with E-state index in [0.29, 0.717) is 17.4 Å². The highest BCUT2D eigenvalue weighted by Crippen LogP contribution is 2.44. The molecule has 0 saturated heterocycles. The van der Waals surface area contributed by atoms with Crippen molar-refractivity contribution in [2.75, 3.05) is 18.1 Å². The summed E-state index contributed by atoms with van der Waals surface area (Å²) in [6, 6.07) is 5.02. The first kappa shape index (κ1) is 24.0. The summed E-state index contributed by atoms with van der Waals surface area (Å²) >= 11 is 0. The van der Waals surface area contributed by atoms with E-state index in [1.807, 2.05) is 0 Å². The van der Waals surface area contributed by atoms with Crippen molar-refractivity contribution in [1.82, 2.24) is 19.6 Å². The van der Waals surface area contributed by atoms with Crippen LogP contribution in [-0.2, 0) is 11.3 Å². The number of halogens is 3. The predicted molar refractivity (Wildman–Crippen MR) is 129 cm³/mol. The molecule has 2 aliphatic rings. The number of benzene rings is 1. The number of ether oxygens (including phenoxy) is 3. The van der Waals surface area contributed by atoms with Gasteiger partial charge in [0.05, 0.1) is 37.4 Å². The van der Waals surface area contributed by atoms with Crippen molar-refractivity contribution in [3.05, 3.63) is 65.4 Å². The van der Waals surface area contributed by atoms with Crippen LogP contribution in [-0.4, -0.2) is 44.5 Å². The third kappa shape index (κ3) is 3.96. The largest absolute Gasteiger partial charge is 0.493 e. The van der Waals surface area contributed by atoms with Crippen LogP contribution in [0.2, 0.25) is 0 Å². The molecule has 0 aliphatic carbocycles. The van der Waals surface area contributed by atoms with Gasteiger partial charge in [-0.1, -0.05) is 0 Å². The van der Waals surface area contributed by atoms with E-state index in [2.05, 4.69) is 15.2 Å². The molecule has 0 fully saturated rings. The molecule has 1 atom stereocenters. The van der Waals surface area contributed by atoms with Gasteiger partial charge >= 0.3 is 6.09 Å². The number of hydrogen-bond acceptors (Lipinski definition) is 7. The molecule has 5 heterocycles. The quantitative estimate of drug-likeness (QED) is 0.345. The summed E-state index contributed by atoms with van der Waals surface area (Å²) in [5.74, 6) is -1.78. The number of carbonyl (C=O) groups is 1. The molecule has 1 unspecified atom stereocenters. The fourth-order valence-electron chi connectivity index (χ4n) is 4.76. The molecular formula is C26H22F3N5O4. The Balaban J connectivity index is 1.61. The summed E-state index contributed by atoms with van der Waals surface area (Å²) in [7, 11) is 0. The molecule has 12 heteroatoms. The van der Waals surface area contributed by atoms with Crippen molar-refractivity contribution in [3.63, 3.8) is 0 Å². The van der Waals surface area contributed by atoms with Gasteiger partial charge < -0.3 is 14.2 Å². The van der Waals surface area contributed by atoms with Crippen LogP contribution < -0.4 is 14.4 Å². The lowest BCUT2D eigenvalue weighted by molar-refractivity contribution is 0.0574. The van der Waals surface area contributed by atoms with Gasteiger partial charge in [0.1, 0.15) is 35.0 Å². The molecule has 6 rings (SSSR count). The Morgan fingerprint density at radius 1 is 1.08 bits per heavy atom. The number of fused-ring (bicyclic) bond motifs is 3. The minimum atomic E-state index is -0.912. The second-order valence-electron chi connectivity index (χ2n) is 10.1. The highest BCUT2D eigenvalue weighted by atomic mass is 19.1. The van der Waals surface area contributed by atoms with Crippen LogP contribution in [0.25, 0.3) is 16.9 Å². The SMILES string of the molecule is CC(C)(C)OC(=O)N1Cc2c(F)ccc3c2C(CO3)COc2cc(-c3ncc(F)cc3F)c3nncn3c21. The van der Waals surface area contributed by atoms with Gasteiger partial charge in [0.15, 0.2) is 23.0 Å². The third-order valence-corrected chi connectivity index (χ3v) is 6.31. The smallest absolute Gasteiger partial charge is 0.416 e. The fraction of sp³-hybridized carbons (Fsp3) is 0.308. The van der Waals surface area contributed by atoms with Gasteiger partial charge in [-0.2, -0.15) is 0 Å². The van der Waals surface area contributed by atoms with Crippen molar-refractivity contribution in [2.24, 2.45) is 0 Å². The minimum absolute atomic E-state index is 0.0744. The van der Waals surface area contributed by atoms with Crippen LogP contribution in [0, 0.1) is 17.5 Å². The standard InChI is InChI=1S/C26H22F3N5O4/c1-26(2,3)38-25(35)33-9-16-17(28)4-5-19-21(16)13(10-36-19)11-37-20-7-15(22-18(29)6-14(27)8-30-22)23-32-31-12-34(23)24(20)33/h4-8,12-13H,9-11H2,1-3H3. The number of pyridine rings is 2. The Morgan fingerprint density at radius 3 is 2.58 bits per heavy atom. The summed E-state index contributed by atoms with van der Waals surface area (Å²) in [6.07, 6.45) is 1.43. The van der Waals surface area contributed by atoms with Crippen molar-refractivity contribution >= 4 is 17.6 Å². The third-order valence-electron chi connectivity index (χ3n) is 6.31. The van der Waals surface area contributed by atoms with Crippen molar-refractivity contribution in [1.29, 1.82) is 0 Å². The van der Waals surface area contributed by atoms with E-state index in [1.54, 1.807) is 26.8 Å². The highest BCUT2D eigenvalue weighted by molar-refractivity contribution is 5.91. The molecule has 1 aromatic carbocycles. The van der Waals surface area contributed by atoms with Crippen LogP contribution in [0.15, 0.2) is 36.8 Å². The average Bonchev–Trinajstić information content (AvgIpc) is 3.49. The Labute approximate surface area is 214 Å². The molecule has 0 N–H and O–H groups in total. The van der Waals surface area contributed by atoms with Crippen molar-refractivity contribution in [3.8, 4) is 22.8 Å². The molecule has 0 spiro atoms. The zero-order valence-electron chi connectivity index (χ0n) is 20.7. The molecule has 2 aliphatic heterocycles. The van der Waals surface area contributed by atoms with E-state index in [-0.39, 0.29) is 59.7 Å². The van der Waals surface area contributed by atoms with Crippen LogP contribution >= 0.6 is 0 Å². The molecular weight excluding hydrogens is 503 g/mol. The van der Waals surface area contributed by atoms with E-state index >= 15 is 4.39 Å². The number of rotatable bonds is 1. The molecule has 38 heavy (non-hydrogen) atoms. The maximum atomic E-state index is 15.3. The molecule has 196 valence electrons. The monoisotopic (exact) mass is 525 g/mol. The second kappa shape index (κ2) is 8.61. The van der Waals surface area contributed by atoms with E-state index in [1.165, 1.54) is 27.8 Å². The van der Waals surface area contributed by atoms with Crippen LogP contribution in [0.4, 0.5) is 23.8 Å². The van der Waals surface area contributed by atoms with Gasteiger partial charge in [-0.3, -0.25) is 9.30 Å². The van der Waals surface area contributed by atoms with E-state index in [0.717, 1.165) is 6.20 Å². The van der Waals surface area contributed by atoms with Crippen LogP contribution in [0.1, 0.15) is 37.8 Å². The first-order valence-electron chi connectivity index (χ1n) is 11.9. The topological polar surface area (TPSA) is 91.1 Å². The number of nitrogens with zero attached hydrogens (tertiary/aromatic N) is 5. The zero-order chi connectivity index (χ0) is 26.8. The molecule has 0 radical (unpaired) electrons. The summed E-state index contributed by atoms with van der Waals surface area (Å²) in [5, 5.41) is 8.05. The van der Waals surface area contributed by atoms with Crippen molar-refractivity contribution in [2.45, 2.75) is 38.8 Å². The maximum Gasteiger partial charge on any atom is 0.416 e. The highest BCUT2D eigenvalue weighted by Gasteiger charge is 2.37. The summed E-state index contributed by atoms with van der Waals surface area (Å²) in [4.78, 5) is 18.7. The van der Waals surface area contributed by atoms with Gasteiger partial charge in [-0.05, 0) is 39.0 Å². The lowest BCUT2D eigenvalue weighted by Gasteiger charge is -2.29. The molecule has 9 nitrogen and oxygen atoms in total. The van der Waals surface area contributed by atoms with Gasteiger partial charge in [0, 0.05) is 17.2 Å². The van der Waals surface area contributed by atoms with E-state index in [9.17, 15) is 13.6 Å². The van der Waals surface area contributed by atoms with Gasteiger partial charge in [0.25, 0.3) is 0 Å². The zero-order valence-corrected chi connectivity index (χ0v) is 20.7. The average molecular weight is 525 g/mol. The van der Waals surface area contributed by atoms with Crippen LogP contribution in [0.3, 0.4) is 0 Å². The number of amides is 1. The first-order chi connectivity index (χ1) is 18.1. The summed E-state index contributed by atoms with van der Waals surface area (Å²) < 4.78 is 62.8. The Kier molecular flexibility index (Phi) is 5.44. The Bertz CT molecular complexity index is 1600. The molecule has 0 saturated carbocycles. The lowest BCUT2D eigenvalue weighted by Crippen LogP contribution is -2.38. The number of carbonyl (C=O) groups excluding carboxylic acids is 1. The maximum absolute atomic E-state index is 15.3. The van der Waals surface area contributed by atoms with Gasteiger partial charge in [-0.25, -0.2) is 22.9 Å². The molecule has 1 amide bonds. The lowest BCUT2D eigenvalue weighted by atomic mass is 9.95. The molecule has 0 bridgehead atoms. The second-order valence-corrected chi connectivity index (χ2v) is 10.1. The van der Waals surface area contributed by atoms with Crippen LogP contribution in [0.5, 0.6) is 11.5 Å². The summed E-state index contributed by atoms with van der Waals surface area (Å²) in [5.41, 5.74) is 0.114. The Hall–Kier alpha value is -4.35. The normalized spacial score (nSPS) is 16.6. The predicted octanol–water partition coefficient (Wildman–Crippen LogP) is 5.02. The number of aromatic nitrogens is 4. The van der Waals surface area contributed by atoms with Crippen molar-refractivity contribution < 1.29 is 32.2 Å². The molecule has 4 aromatic rings.